The van der Waals surface area contributed by atoms with E-state index in [0.29, 0.717) is 0 Å². The summed E-state index contributed by atoms with van der Waals surface area (Å²) >= 11 is 0. The summed E-state index contributed by atoms with van der Waals surface area (Å²) in [5.41, 5.74) is 15.2. The van der Waals surface area contributed by atoms with Gasteiger partial charge in [0.1, 0.15) is 0 Å². The van der Waals surface area contributed by atoms with Crippen molar-refractivity contribution in [3.63, 3.8) is 0 Å². The molecule has 8 heterocycles. The van der Waals surface area contributed by atoms with Crippen LogP contribution in [0.3, 0.4) is 0 Å². The Bertz CT molecular complexity index is 5540. The van der Waals surface area contributed by atoms with E-state index in [9.17, 15) is 0 Å². The van der Waals surface area contributed by atoms with Gasteiger partial charge in [0.05, 0.1) is 44.1 Å². The Kier molecular flexibility index (Phi) is 8.90. The maximum atomic E-state index is 6.34. The lowest BCUT2D eigenvalue weighted by molar-refractivity contribution is 1.33. The molecule has 0 aliphatic heterocycles. The maximum Gasteiger partial charge on any atom is 0.0822 e. The highest BCUT2D eigenvalue weighted by atomic mass is 14.8. The number of pyridine rings is 4. The number of H-pyrrole nitrogens is 2. The SMILES string of the molecule is c1cc2cccc3c2c(c1)c1c2nc(c(-c4ccncc4)c4[nH]c(c(-c5ccncc5)c5nc(c(-c6ccncc6)c6[nH]c(c2-c2ccncc2)c2c7cccc8cccc(c87)c62)c2c6cccc7cccc(c76)c52)c2c5cccc6cccc(c65)c42)c31. The van der Waals surface area contributed by atoms with Crippen LogP contribution in [0, 0.1) is 0 Å². The zero-order valence-corrected chi connectivity index (χ0v) is 46.8. The summed E-state index contributed by atoms with van der Waals surface area (Å²) in [4.78, 5) is 40.3. The molecule has 8 heteroatoms. The minimum Gasteiger partial charge on any atom is -0.353 e. The fourth-order valence-electron chi connectivity index (χ4n) is 16.2. The molecule has 0 unspecified atom stereocenters. The van der Waals surface area contributed by atoms with Crippen molar-refractivity contribution in [3.05, 3.63) is 244 Å². The summed E-state index contributed by atoms with van der Waals surface area (Å²) in [5, 5.41) is 27.6. The summed E-state index contributed by atoms with van der Waals surface area (Å²) in [5.74, 6) is 0. The molecule has 402 valence electrons. The number of rotatable bonds is 4. The number of benzene rings is 8. The molecule has 13 aromatic carbocycles. The van der Waals surface area contributed by atoms with Gasteiger partial charge in [0.2, 0.25) is 0 Å². The molecule has 0 aliphatic rings. The smallest absolute Gasteiger partial charge is 0.0822 e. The standard InChI is InChI=1S/C80H42N8/c1-9-41-10-2-18-50-57(41)49(17-1)65-66(50)74-62(46-27-35-82-36-28-46)76-69-53-21-5-13-43-14-6-22-54(59(43)53)70(69)78(87-76)64(48-31-39-84-40-32-48)80-72-56-24-8-16-44-15-7-23-55(60(44)56)71(72)79(88-80)63(47-29-37-83-38-30-47)77-68-52-20-4-12-42-11-3-19-51(58(42)52)67(68)75(86-77)61(73(65)85-74)45-25-33-81-34-26-45/h1-40,85,88H. The first-order chi connectivity index (χ1) is 43.7. The molecular formula is C80H42N8. The highest BCUT2D eigenvalue weighted by molar-refractivity contribution is 6.47. The molecule has 0 saturated heterocycles. The Balaban J connectivity index is 1.19. The first-order valence-corrected chi connectivity index (χ1v) is 29.9. The van der Waals surface area contributed by atoms with Crippen molar-refractivity contribution in [2.75, 3.05) is 0 Å². The predicted octanol–water partition coefficient (Wildman–Crippen LogP) is 20.7. The van der Waals surface area contributed by atoms with Crippen LogP contribution in [0.25, 0.3) is 218 Å². The fourth-order valence-corrected chi connectivity index (χ4v) is 16.2. The lowest BCUT2D eigenvalue weighted by Gasteiger charge is -2.07. The highest BCUT2D eigenvalue weighted by Gasteiger charge is 2.31. The Morgan fingerprint density at radius 2 is 0.386 bits per heavy atom. The van der Waals surface area contributed by atoms with E-state index in [4.69, 9.17) is 29.9 Å². The summed E-state index contributed by atoms with van der Waals surface area (Å²) in [6.07, 6.45) is 15.3. The molecule has 0 fully saturated rings. The van der Waals surface area contributed by atoms with Gasteiger partial charge in [0, 0.05) is 115 Å². The minimum absolute atomic E-state index is 0.873. The van der Waals surface area contributed by atoms with Gasteiger partial charge >= 0.3 is 0 Å². The average Bonchev–Trinajstić information content (AvgIpc) is 1.56. The van der Waals surface area contributed by atoms with Crippen LogP contribution in [0.15, 0.2) is 244 Å². The predicted molar refractivity (Wildman–Crippen MR) is 366 cm³/mol. The molecule has 21 rings (SSSR count). The topological polar surface area (TPSA) is 109 Å². The molecule has 88 heavy (non-hydrogen) atoms. The monoisotopic (exact) mass is 1110 g/mol. The van der Waals surface area contributed by atoms with Crippen molar-refractivity contribution in [2.24, 2.45) is 0 Å². The van der Waals surface area contributed by atoms with Gasteiger partial charge < -0.3 is 9.97 Å². The van der Waals surface area contributed by atoms with Crippen LogP contribution < -0.4 is 0 Å². The van der Waals surface area contributed by atoms with E-state index < -0.39 is 0 Å². The molecule has 21 aromatic rings. The molecule has 8 bridgehead atoms. The normalized spacial score (nSPS) is 12.5. The van der Waals surface area contributed by atoms with E-state index in [1.807, 2.05) is 49.6 Å². The zero-order valence-electron chi connectivity index (χ0n) is 46.8. The lowest BCUT2D eigenvalue weighted by atomic mass is 10.0. The molecule has 0 amide bonds. The van der Waals surface area contributed by atoms with Crippen LogP contribution in [0.4, 0.5) is 0 Å². The van der Waals surface area contributed by atoms with Crippen LogP contribution in [0.2, 0.25) is 0 Å². The lowest BCUT2D eigenvalue weighted by Crippen LogP contribution is -1.87. The summed E-state index contributed by atoms with van der Waals surface area (Å²) in [6.45, 7) is 0. The Hall–Kier alpha value is -12.0. The quantitative estimate of drug-likeness (QED) is 0.182. The van der Waals surface area contributed by atoms with Crippen molar-refractivity contribution in [1.29, 1.82) is 0 Å². The second-order valence-corrected chi connectivity index (χ2v) is 23.6. The van der Waals surface area contributed by atoms with E-state index >= 15 is 0 Å². The van der Waals surface area contributed by atoms with E-state index in [1.165, 1.54) is 43.1 Å². The molecule has 0 radical (unpaired) electrons. The number of nitrogens with one attached hydrogen (secondary N) is 2. The minimum atomic E-state index is 0.873. The van der Waals surface area contributed by atoms with E-state index in [1.54, 1.807) is 0 Å². The fraction of sp³-hybridized carbons (Fsp3) is 0. The molecule has 0 spiro atoms. The van der Waals surface area contributed by atoms with Gasteiger partial charge in [-0.15, -0.1) is 0 Å². The molecule has 8 nitrogen and oxygen atoms in total. The summed E-state index contributed by atoms with van der Waals surface area (Å²) in [6, 6.07) is 71.3. The van der Waals surface area contributed by atoms with Crippen LogP contribution >= 0.6 is 0 Å². The van der Waals surface area contributed by atoms with Gasteiger partial charge in [-0.2, -0.15) is 0 Å². The second kappa shape index (κ2) is 16.9. The van der Waals surface area contributed by atoms with Crippen LogP contribution in [0.5, 0.6) is 0 Å². The van der Waals surface area contributed by atoms with Crippen molar-refractivity contribution in [2.45, 2.75) is 0 Å². The number of aromatic nitrogens is 8. The van der Waals surface area contributed by atoms with Crippen molar-refractivity contribution >= 4 is 173 Å². The van der Waals surface area contributed by atoms with Gasteiger partial charge in [-0.25, -0.2) is 9.97 Å². The Morgan fingerprint density at radius 1 is 0.193 bits per heavy atom. The number of hydrogen-bond donors (Lipinski definition) is 2. The van der Waals surface area contributed by atoms with Gasteiger partial charge in [0.25, 0.3) is 0 Å². The maximum absolute atomic E-state index is 6.34. The molecule has 2 N–H and O–H groups in total. The number of aromatic amines is 2. The summed E-state index contributed by atoms with van der Waals surface area (Å²) < 4.78 is 0. The van der Waals surface area contributed by atoms with Gasteiger partial charge in [0.15, 0.2) is 0 Å². The zero-order chi connectivity index (χ0) is 57.0. The number of hydrogen-bond acceptors (Lipinski definition) is 6. The van der Waals surface area contributed by atoms with E-state index in [0.717, 1.165) is 175 Å². The van der Waals surface area contributed by atoms with E-state index in [2.05, 4.69) is 204 Å². The molecule has 0 atom stereocenters. The number of nitrogens with zero attached hydrogens (tertiary/aromatic N) is 6. The van der Waals surface area contributed by atoms with Gasteiger partial charge in [-0.05, 0) is 157 Å². The van der Waals surface area contributed by atoms with Crippen molar-refractivity contribution < 1.29 is 0 Å². The van der Waals surface area contributed by atoms with Gasteiger partial charge in [-0.1, -0.05) is 146 Å². The molecule has 0 saturated carbocycles. The van der Waals surface area contributed by atoms with Crippen molar-refractivity contribution in [1.82, 2.24) is 39.9 Å². The Labute approximate surface area is 498 Å². The molecular weight excluding hydrogens is 1070 g/mol. The first kappa shape index (κ1) is 46.4. The average molecular weight is 1120 g/mol. The van der Waals surface area contributed by atoms with Crippen molar-refractivity contribution in [3.8, 4) is 44.5 Å². The third kappa shape index (κ3) is 5.83. The molecule has 0 aliphatic carbocycles. The van der Waals surface area contributed by atoms with Gasteiger partial charge in [-0.3, -0.25) is 19.9 Å². The molecule has 8 aromatic heterocycles. The highest BCUT2D eigenvalue weighted by Crippen LogP contribution is 2.55. The third-order valence-corrected chi connectivity index (χ3v) is 19.5. The van der Waals surface area contributed by atoms with Crippen LogP contribution in [0.1, 0.15) is 0 Å². The third-order valence-electron chi connectivity index (χ3n) is 19.5. The summed E-state index contributed by atoms with van der Waals surface area (Å²) in [7, 11) is 0. The largest absolute Gasteiger partial charge is 0.353 e. The van der Waals surface area contributed by atoms with E-state index in [-0.39, 0.29) is 0 Å². The van der Waals surface area contributed by atoms with Crippen LogP contribution in [-0.2, 0) is 0 Å². The second-order valence-electron chi connectivity index (χ2n) is 23.6. The Morgan fingerprint density at radius 3 is 0.591 bits per heavy atom. The first-order valence-electron chi connectivity index (χ1n) is 29.9. The van der Waals surface area contributed by atoms with Crippen LogP contribution in [-0.4, -0.2) is 39.9 Å².